The van der Waals surface area contributed by atoms with Crippen molar-refractivity contribution >= 4 is 16.8 Å². The first-order valence-corrected chi connectivity index (χ1v) is 9.91. The van der Waals surface area contributed by atoms with Crippen molar-refractivity contribution in [3.8, 4) is 22.8 Å². The van der Waals surface area contributed by atoms with Gasteiger partial charge in [0.1, 0.15) is 11.3 Å². The average molecular weight is 414 g/mol. The van der Waals surface area contributed by atoms with Crippen molar-refractivity contribution in [2.75, 3.05) is 13.7 Å². The minimum absolute atomic E-state index is 0.0203. The van der Waals surface area contributed by atoms with Gasteiger partial charge in [-0.1, -0.05) is 36.4 Å². The molecule has 0 N–H and O–H groups in total. The SMILES string of the molecule is COc1ccc(-c2oc3c(C)cc(C)cc3c(=O)c2OCC(=O)c2ccccc2)cc1. The van der Waals surface area contributed by atoms with E-state index in [1.165, 1.54) is 0 Å². The van der Waals surface area contributed by atoms with Gasteiger partial charge in [-0.2, -0.15) is 0 Å². The molecule has 0 amide bonds. The molecule has 5 heteroatoms. The fourth-order valence-corrected chi connectivity index (χ4v) is 3.54. The molecule has 0 unspecified atom stereocenters. The topological polar surface area (TPSA) is 65.7 Å². The summed E-state index contributed by atoms with van der Waals surface area (Å²) in [5, 5.41) is 0.428. The second-order valence-electron chi connectivity index (χ2n) is 7.35. The van der Waals surface area contributed by atoms with E-state index in [0.29, 0.717) is 27.8 Å². The summed E-state index contributed by atoms with van der Waals surface area (Å²) >= 11 is 0. The molecule has 4 aromatic rings. The highest BCUT2D eigenvalue weighted by Gasteiger charge is 2.20. The molecule has 0 radical (unpaired) electrons. The number of hydrogen-bond acceptors (Lipinski definition) is 5. The Balaban J connectivity index is 1.83. The Morgan fingerprint density at radius 2 is 1.68 bits per heavy atom. The summed E-state index contributed by atoms with van der Waals surface area (Å²) in [4.78, 5) is 25.9. The standard InChI is InChI=1S/C26H22O5/c1-16-13-17(2)24-21(14-16)23(28)26(30-15-22(27)18-7-5-4-6-8-18)25(31-24)19-9-11-20(29-3)12-10-19/h4-14H,15H2,1-3H3. The summed E-state index contributed by atoms with van der Waals surface area (Å²) in [6.07, 6.45) is 0. The van der Waals surface area contributed by atoms with Gasteiger partial charge in [-0.25, -0.2) is 0 Å². The number of rotatable bonds is 6. The zero-order chi connectivity index (χ0) is 22.0. The predicted molar refractivity (Wildman–Crippen MR) is 120 cm³/mol. The van der Waals surface area contributed by atoms with Crippen LogP contribution in [-0.2, 0) is 0 Å². The number of hydrogen-bond donors (Lipinski definition) is 0. The van der Waals surface area contributed by atoms with Gasteiger partial charge in [-0.3, -0.25) is 9.59 Å². The van der Waals surface area contributed by atoms with E-state index in [0.717, 1.165) is 11.1 Å². The molecule has 5 nitrogen and oxygen atoms in total. The van der Waals surface area contributed by atoms with Crippen molar-refractivity contribution in [3.63, 3.8) is 0 Å². The second kappa shape index (κ2) is 8.48. The monoisotopic (exact) mass is 414 g/mol. The summed E-state index contributed by atoms with van der Waals surface area (Å²) in [5.41, 5.74) is 3.17. The van der Waals surface area contributed by atoms with E-state index < -0.39 is 0 Å². The third kappa shape index (κ3) is 4.08. The summed E-state index contributed by atoms with van der Waals surface area (Å²) in [6, 6.07) is 19.7. The molecular formula is C26H22O5. The van der Waals surface area contributed by atoms with Gasteiger partial charge in [-0.05, 0) is 55.3 Å². The van der Waals surface area contributed by atoms with Crippen molar-refractivity contribution in [2.45, 2.75) is 13.8 Å². The number of Topliss-reactive ketones (excluding diaryl/α,β-unsaturated/α-hetero) is 1. The van der Waals surface area contributed by atoms with Crippen LogP contribution < -0.4 is 14.9 Å². The van der Waals surface area contributed by atoms with Crippen molar-refractivity contribution in [2.24, 2.45) is 0 Å². The second-order valence-corrected chi connectivity index (χ2v) is 7.35. The van der Waals surface area contributed by atoms with Crippen molar-refractivity contribution < 1.29 is 18.7 Å². The van der Waals surface area contributed by atoms with Gasteiger partial charge in [0.15, 0.2) is 18.2 Å². The molecule has 0 atom stereocenters. The summed E-state index contributed by atoms with van der Waals surface area (Å²) in [6.45, 7) is 3.55. The molecule has 0 aliphatic carbocycles. The fraction of sp³-hybridized carbons (Fsp3) is 0.154. The number of carbonyl (C=O) groups excluding carboxylic acids is 1. The van der Waals surface area contributed by atoms with E-state index in [9.17, 15) is 9.59 Å². The lowest BCUT2D eigenvalue weighted by molar-refractivity contribution is 0.0920. The molecule has 3 aromatic carbocycles. The van der Waals surface area contributed by atoms with E-state index in [1.54, 1.807) is 61.7 Å². The van der Waals surface area contributed by atoms with Crippen LogP contribution in [-0.4, -0.2) is 19.5 Å². The maximum atomic E-state index is 13.4. The smallest absolute Gasteiger partial charge is 0.235 e. The molecule has 0 saturated carbocycles. The molecule has 0 aliphatic rings. The number of ether oxygens (including phenoxy) is 2. The summed E-state index contributed by atoms with van der Waals surface area (Å²) < 4.78 is 17.2. The largest absolute Gasteiger partial charge is 0.497 e. The van der Waals surface area contributed by atoms with Gasteiger partial charge in [0, 0.05) is 11.1 Å². The number of ketones is 1. The van der Waals surface area contributed by atoms with Crippen molar-refractivity contribution in [3.05, 3.63) is 93.6 Å². The van der Waals surface area contributed by atoms with Gasteiger partial charge in [0.25, 0.3) is 0 Å². The maximum absolute atomic E-state index is 13.4. The molecule has 0 spiro atoms. The highest BCUT2D eigenvalue weighted by molar-refractivity contribution is 5.97. The van der Waals surface area contributed by atoms with Crippen LogP contribution in [0.25, 0.3) is 22.3 Å². The van der Waals surface area contributed by atoms with Crippen LogP contribution in [0.5, 0.6) is 11.5 Å². The minimum Gasteiger partial charge on any atom is -0.497 e. The highest BCUT2D eigenvalue weighted by atomic mass is 16.5. The van der Waals surface area contributed by atoms with Crippen LogP contribution in [0.15, 0.2) is 75.9 Å². The average Bonchev–Trinajstić information content (AvgIpc) is 2.79. The van der Waals surface area contributed by atoms with E-state index >= 15 is 0 Å². The zero-order valence-electron chi connectivity index (χ0n) is 17.6. The number of methoxy groups -OCH3 is 1. The Morgan fingerprint density at radius 1 is 0.968 bits per heavy atom. The number of carbonyl (C=O) groups is 1. The number of aryl methyl sites for hydroxylation is 2. The summed E-state index contributed by atoms with van der Waals surface area (Å²) in [5.74, 6) is 0.765. The van der Waals surface area contributed by atoms with Crippen LogP contribution in [0.4, 0.5) is 0 Å². The molecule has 1 aromatic heterocycles. The first-order chi connectivity index (χ1) is 15.0. The zero-order valence-corrected chi connectivity index (χ0v) is 17.6. The predicted octanol–water partition coefficient (Wildman–Crippen LogP) is 5.35. The lowest BCUT2D eigenvalue weighted by Crippen LogP contribution is -2.17. The molecule has 4 rings (SSSR count). The lowest BCUT2D eigenvalue weighted by atomic mass is 10.1. The van der Waals surface area contributed by atoms with Crippen molar-refractivity contribution in [1.29, 1.82) is 0 Å². The van der Waals surface area contributed by atoms with Crippen LogP contribution in [0.2, 0.25) is 0 Å². The van der Waals surface area contributed by atoms with E-state index in [1.807, 2.05) is 26.0 Å². The maximum Gasteiger partial charge on any atom is 0.235 e. The van der Waals surface area contributed by atoms with Gasteiger partial charge in [-0.15, -0.1) is 0 Å². The van der Waals surface area contributed by atoms with Crippen LogP contribution in [0, 0.1) is 13.8 Å². The van der Waals surface area contributed by atoms with Gasteiger partial charge in [0.2, 0.25) is 11.2 Å². The van der Waals surface area contributed by atoms with Crippen molar-refractivity contribution in [1.82, 2.24) is 0 Å². The van der Waals surface area contributed by atoms with Crippen LogP contribution >= 0.6 is 0 Å². The molecule has 31 heavy (non-hydrogen) atoms. The molecule has 1 heterocycles. The Kier molecular flexibility index (Phi) is 5.58. The number of fused-ring (bicyclic) bond motifs is 1. The normalized spacial score (nSPS) is 10.8. The minimum atomic E-state index is -0.306. The Morgan fingerprint density at radius 3 is 2.35 bits per heavy atom. The Hall–Kier alpha value is -3.86. The molecule has 0 bridgehead atoms. The number of benzene rings is 3. The Bertz CT molecular complexity index is 1300. The third-order valence-electron chi connectivity index (χ3n) is 5.08. The quantitative estimate of drug-likeness (QED) is 0.398. The third-order valence-corrected chi connectivity index (χ3v) is 5.08. The molecule has 0 aliphatic heterocycles. The van der Waals surface area contributed by atoms with Crippen LogP contribution in [0.1, 0.15) is 21.5 Å². The first-order valence-electron chi connectivity index (χ1n) is 9.91. The molecule has 0 saturated heterocycles. The summed E-state index contributed by atoms with van der Waals surface area (Å²) in [7, 11) is 1.58. The van der Waals surface area contributed by atoms with Gasteiger partial charge >= 0.3 is 0 Å². The fourth-order valence-electron chi connectivity index (χ4n) is 3.54. The van der Waals surface area contributed by atoms with E-state index in [2.05, 4.69) is 0 Å². The molecule has 0 fully saturated rings. The van der Waals surface area contributed by atoms with Crippen LogP contribution in [0.3, 0.4) is 0 Å². The van der Waals surface area contributed by atoms with Gasteiger partial charge in [0.05, 0.1) is 12.5 Å². The lowest BCUT2D eigenvalue weighted by Gasteiger charge is -2.13. The van der Waals surface area contributed by atoms with Gasteiger partial charge < -0.3 is 13.9 Å². The molecule has 156 valence electrons. The molecular weight excluding hydrogens is 392 g/mol. The van der Waals surface area contributed by atoms with E-state index in [-0.39, 0.29) is 29.3 Å². The Labute approximate surface area is 179 Å². The van der Waals surface area contributed by atoms with E-state index in [4.69, 9.17) is 13.9 Å². The highest BCUT2D eigenvalue weighted by Crippen LogP contribution is 2.33. The first kappa shape index (κ1) is 20.4.